The second-order valence-corrected chi connectivity index (χ2v) is 5.52. The van der Waals surface area contributed by atoms with Crippen LogP contribution in [0.5, 0.6) is 5.75 Å². The number of hydrogen-bond acceptors (Lipinski definition) is 4. The predicted octanol–water partition coefficient (Wildman–Crippen LogP) is 3.33. The maximum Gasteiger partial charge on any atom is 0.334 e. The van der Waals surface area contributed by atoms with E-state index in [2.05, 4.69) is 0 Å². The Balaban J connectivity index is 2.40. The first-order valence-corrected chi connectivity index (χ1v) is 7.49. The van der Waals surface area contributed by atoms with Gasteiger partial charge >= 0.3 is 7.60 Å². The van der Waals surface area contributed by atoms with Gasteiger partial charge < -0.3 is 13.8 Å². The Morgan fingerprint density at radius 1 is 1.06 bits per heavy atom. The van der Waals surface area contributed by atoms with Crippen LogP contribution in [0.15, 0.2) is 30.3 Å². The normalized spacial score (nSPS) is 11.4. The molecular weight excluding hydrogens is 239 g/mol. The highest BCUT2D eigenvalue weighted by atomic mass is 31.2. The highest BCUT2D eigenvalue weighted by Gasteiger charge is 2.23. The van der Waals surface area contributed by atoms with E-state index in [1.54, 1.807) is 13.8 Å². The van der Waals surface area contributed by atoms with Crippen molar-refractivity contribution in [2.45, 2.75) is 13.8 Å². The molecule has 0 aliphatic rings. The lowest BCUT2D eigenvalue weighted by Gasteiger charge is -2.17. The Kier molecular flexibility index (Phi) is 6.27. The molecule has 0 heterocycles. The van der Waals surface area contributed by atoms with E-state index in [9.17, 15) is 4.57 Å². The molecule has 0 amide bonds. The molecule has 0 aliphatic heterocycles. The third-order valence-electron chi connectivity index (χ3n) is 2.03. The first-order valence-electron chi connectivity index (χ1n) is 5.76. The molecule has 0 saturated carbocycles. The van der Waals surface area contributed by atoms with Crippen molar-refractivity contribution in [3.63, 3.8) is 0 Å². The average Bonchev–Trinajstić information content (AvgIpc) is 2.31. The summed E-state index contributed by atoms with van der Waals surface area (Å²) >= 11 is 0. The Morgan fingerprint density at radius 2 is 1.65 bits per heavy atom. The molecule has 17 heavy (non-hydrogen) atoms. The first-order chi connectivity index (χ1) is 8.20. The zero-order valence-corrected chi connectivity index (χ0v) is 11.2. The van der Waals surface area contributed by atoms with Crippen LogP contribution in [-0.4, -0.2) is 26.0 Å². The molecule has 1 rings (SSSR count). The highest BCUT2D eigenvalue weighted by molar-refractivity contribution is 7.53. The van der Waals surface area contributed by atoms with Gasteiger partial charge in [0.1, 0.15) is 5.75 Å². The Hall–Kier alpha value is -0.830. The monoisotopic (exact) mass is 258 g/mol. The predicted molar refractivity (Wildman–Crippen MR) is 67.7 cm³/mol. The van der Waals surface area contributed by atoms with Crippen molar-refractivity contribution in [1.29, 1.82) is 0 Å². The summed E-state index contributed by atoms with van der Waals surface area (Å²) in [5.74, 6) is 0.757. The van der Waals surface area contributed by atoms with Gasteiger partial charge in [-0.15, -0.1) is 0 Å². The van der Waals surface area contributed by atoms with Crippen LogP contribution in [0.1, 0.15) is 13.8 Å². The van der Waals surface area contributed by atoms with Gasteiger partial charge in [-0.25, -0.2) is 0 Å². The van der Waals surface area contributed by atoms with Gasteiger partial charge in [0.05, 0.1) is 26.0 Å². The minimum Gasteiger partial charge on any atom is -0.493 e. The molecule has 0 aliphatic carbocycles. The van der Waals surface area contributed by atoms with Gasteiger partial charge in [-0.3, -0.25) is 4.57 Å². The Bertz CT molecular complexity index is 343. The summed E-state index contributed by atoms with van der Waals surface area (Å²) < 4.78 is 27.9. The fourth-order valence-corrected chi connectivity index (χ4v) is 2.79. The Labute approximate surface area is 102 Å². The van der Waals surface area contributed by atoms with E-state index in [1.807, 2.05) is 30.3 Å². The van der Waals surface area contributed by atoms with Crippen molar-refractivity contribution in [1.82, 2.24) is 0 Å². The van der Waals surface area contributed by atoms with Crippen LogP contribution in [0, 0.1) is 0 Å². The minimum atomic E-state index is -2.98. The summed E-state index contributed by atoms with van der Waals surface area (Å²) in [6.45, 7) is 4.67. The van der Waals surface area contributed by atoms with E-state index in [4.69, 9.17) is 13.8 Å². The van der Waals surface area contributed by atoms with Gasteiger partial charge in [0.15, 0.2) is 0 Å². The average molecular weight is 258 g/mol. The maximum atomic E-state index is 12.1. The number of benzene rings is 1. The van der Waals surface area contributed by atoms with Crippen LogP contribution in [0.25, 0.3) is 0 Å². The van der Waals surface area contributed by atoms with Crippen LogP contribution in [0.4, 0.5) is 0 Å². The lowest BCUT2D eigenvalue weighted by molar-refractivity contribution is 0.213. The molecule has 4 nitrogen and oxygen atoms in total. The summed E-state index contributed by atoms with van der Waals surface area (Å²) in [4.78, 5) is 0. The van der Waals surface area contributed by atoms with E-state index in [0.717, 1.165) is 5.75 Å². The van der Waals surface area contributed by atoms with Crippen molar-refractivity contribution < 1.29 is 18.3 Å². The van der Waals surface area contributed by atoms with Crippen LogP contribution in [-0.2, 0) is 13.6 Å². The molecule has 1 aromatic rings. The quantitative estimate of drug-likeness (QED) is 0.671. The van der Waals surface area contributed by atoms with Gasteiger partial charge in [-0.05, 0) is 26.0 Å². The lowest BCUT2D eigenvalue weighted by atomic mass is 10.3. The molecule has 0 atom stereocenters. The minimum absolute atomic E-state index is 0.267. The third-order valence-corrected chi connectivity index (χ3v) is 4.06. The van der Waals surface area contributed by atoms with Gasteiger partial charge in [0.25, 0.3) is 0 Å². The molecule has 0 radical (unpaired) electrons. The van der Waals surface area contributed by atoms with E-state index in [0.29, 0.717) is 19.8 Å². The van der Waals surface area contributed by atoms with Crippen molar-refractivity contribution in [2.24, 2.45) is 0 Å². The summed E-state index contributed by atoms with van der Waals surface area (Å²) in [6.07, 6.45) is 0.267. The van der Waals surface area contributed by atoms with E-state index < -0.39 is 7.60 Å². The number of rotatable bonds is 8. The molecule has 5 heteroatoms. The van der Waals surface area contributed by atoms with Crippen molar-refractivity contribution in [3.05, 3.63) is 30.3 Å². The fourth-order valence-electron chi connectivity index (χ4n) is 1.35. The van der Waals surface area contributed by atoms with Crippen LogP contribution in [0.3, 0.4) is 0 Å². The van der Waals surface area contributed by atoms with Gasteiger partial charge in [-0.1, -0.05) is 18.2 Å². The smallest absolute Gasteiger partial charge is 0.334 e. The van der Waals surface area contributed by atoms with Crippen molar-refractivity contribution >= 4 is 7.60 Å². The molecule has 0 unspecified atom stereocenters. The lowest BCUT2D eigenvalue weighted by Crippen LogP contribution is -2.08. The molecular formula is C12H19O4P. The summed E-state index contributed by atoms with van der Waals surface area (Å²) in [5.41, 5.74) is 0. The number of para-hydroxylation sites is 1. The third kappa shape index (κ3) is 5.35. The summed E-state index contributed by atoms with van der Waals surface area (Å²) in [6, 6.07) is 9.40. The zero-order chi connectivity index (χ0) is 12.6. The second-order valence-electron chi connectivity index (χ2n) is 3.33. The first kappa shape index (κ1) is 14.2. The second kappa shape index (κ2) is 7.49. The molecule has 0 aromatic heterocycles. The maximum absolute atomic E-state index is 12.1. The van der Waals surface area contributed by atoms with E-state index in [-0.39, 0.29) is 6.16 Å². The van der Waals surface area contributed by atoms with Crippen molar-refractivity contribution in [3.8, 4) is 5.75 Å². The number of hydrogen-bond donors (Lipinski definition) is 0. The molecule has 0 fully saturated rings. The summed E-state index contributed by atoms with van der Waals surface area (Å²) in [7, 11) is -2.98. The molecule has 0 N–H and O–H groups in total. The van der Waals surface area contributed by atoms with E-state index in [1.165, 1.54) is 0 Å². The highest BCUT2D eigenvalue weighted by Crippen LogP contribution is 2.47. The van der Waals surface area contributed by atoms with Gasteiger partial charge in [0, 0.05) is 0 Å². The van der Waals surface area contributed by atoms with Gasteiger partial charge in [-0.2, -0.15) is 0 Å². The largest absolute Gasteiger partial charge is 0.493 e. The fraction of sp³-hybridized carbons (Fsp3) is 0.500. The molecule has 1 aromatic carbocycles. The standard InChI is InChI=1S/C12H19O4P/c1-3-15-17(13,16-4-2)11-10-14-12-8-6-5-7-9-12/h5-9H,3-4,10-11H2,1-2H3. The molecule has 0 spiro atoms. The Morgan fingerprint density at radius 3 is 2.18 bits per heavy atom. The number of ether oxygens (including phenoxy) is 1. The van der Waals surface area contributed by atoms with Crippen LogP contribution in [0.2, 0.25) is 0 Å². The van der Waals surface area contributed by atoms with Crippen LogP contribution < -0.4 is 4.74 Å². The zero-order valence-electron chi connectivity index (χ0n) is 10.3. The van der Waals surface area contributed by atoms with Crippen LogP contribution >= 0.6 is 7.60 Å². The molecule has 0 bridgehead atoms. The van der Waals surface area contributed by atoms with E-state index >= 15 is 0 Å². The topological polar surface area (TPSA) is 44.8 Å². The summed E-state index contributed by atoms with van der Waals surface area (Å²) in [5, 5.41) is 0. The van der Waals surface area contributed by atoms with Crippen molar-refractivity contribution in [2.75, 3.05) is 26.0 Å². The molecule has 0 saturated heterocycles. The van der Waals surface area contributed by atoms with Gasteiger partial charge in [0.2, 0.25) is 0 Å². The SMILES string of the molecule is CCOP(=O)(CCOc1ccccc1)OCC. The molecule has 96 valence electrons.